The standard InChI is InChI=1S/C17H18FN3O/c1-10(2)11-4-6-14(22-3)13(8-11)16-17(19)21-9-12(18)5-7-15(21)20-16/h4-10H,19H2,1-3H3. The number of anilines is 1. The summed E-state index contributed by atoms with van der Waals surface area (Å²) in [6.07, 6.45) is 1.33. The van der Waals surface area contributed by atoms with Gasteiger partial charge in [-0.25, -0.2) is 9.37 Å². The maximum Gasteiger partial charge on any atom is 0.140 e. The molecule has 0 aliphatic heterocycles. The van der Waals surface area contributed by atoms with Gasteiger partial charge in [-0.05, 0) is 35.7 Å². The molecule has 5 heteroatoms. The number of rotatable bonds is 3. The van der Waals surface area contributed by atoms with Crippen LogP contribution >= 0.6 is 0 Å². The number of methoxy groups -OCH3 is 1. The molecule has 3 rings (SSSR count). The number of fused-ring (bicyclic) bond motifs is 1. The molecule has 0 atom stereocenters. The number of nitrogen functional groups attached to an aromatic ring is 1. The van der Waals surface area contributed by atoms with Gasteiger partial charge in [0.05, 0.1) is 7.11 Å². The van der Waals surface area contributed by atoms with Gasteiger partial charge < -0.3 is 10.5 Å². The monoisotopic (exact) mass is 299 g/mol. The van der Waals surface area contributed by atoms with Crippen LogP contribution in [-0.2, 0) is 0 Å². The van der Waals surface area contributed by atoms with Crippen LogP contribution < -0.4 is 10.5 Å². The Bertz CT molecular complexity index is 839. The van der Waals surface area contributed by atoms with Crippen LogP contribution in [0.1, 0.15) is 25.3 Å². The third kappa shape index (κ3) is 2.28. The third-order valence-electron chi connectivity index (χ3n) is 3.76. The average molecular weight is 299 g/mol. The number of pyridine rings is 1. The summed E-state index contributed by atoms with van der Waals surface area (Å²) in [6, 6.07) is 8.94. The van der Waals surface area contributed by atoms with Crippen LogP contribution in [0.15, 0.2) is 36.5 Å². The smallest absolute Gasteiger partial charge is 0.140 e. The minimum Gasteiger partial charge on any atom is -0.496 e. The van der Waals surface area contributed by atoms with Crippen LogP contribution in [0.5, 0.6) is 5.75 Å². The fourth-order valence-corrected chi connectivity index (χ4v) is 2.50. The topological polar surface area (TPSA) is 52.5 Å². The number of hydrogen-bond donors (Lipinski definition) is 1. The van der Waals surface area contributed by atoms with Crippen molar-refractivity contribution in [1.29, 1.82) is 0 Å². The summed E-state index contributed by atoms with van der Waals surface area (Å²) in [5.41, 5.74) is 9.35. The maximum absolute atomic E-state index is 13.4. The highest BCUT2D eigenvalue weighted by molar-refractivity contribution is 5.79. The lowest BCUT2D eigenvalue weighted by Crippen LogP contribution is -1.97. The third-order valence-corrected chi connectivity index (χ3v) is 3.76. The van der Waals surface area contributed by atoms with Crippen LogP contribution in [0, 0.1) is 5.82 Å². The van der Waals surface area contributed by atoms with Crippen LogP contribution in [0.4, 0.5) is 10.2 Å². The Kier molecular flexibility index (Phi) is 3.48. The number of hydrogen-bond acceptors (Lipinski definition) is 3. The summed E-state index contributed by atoms with van der Waals surface area (Å²) in [6.45, 7) is 4.24. The Morgan fingerprint density at radius 2 is 2.00 bits per heavy atom. The molecule has 0 saturated carbocycles. The first-order valence-electron chi connectivity index (χ1n) is 7.12. The molecule has 0 fully saturated rings. The summed E-state index contributed by atoms with van der Waals surface area (Å²) < 4.78 is 20.4. The van der Waals surface area contributed by atoms with E-state index in [1.54, 1.807) is 17.6 Å². The lowest BCUT2D eigenvalue weighted by Gasteiger charge is -2.12. The average Bonchev–Trinajstić information content (AvgIpc) is 2.83. The SMILES string of the molecule is COc1ccc(C(C)C)cc1-c1nc2ccc(F)cn2c1N. The zero-order chi connectivity index (χ0) is 15.9. The lowest BCUT2D eigenvalue weighted by atomic mass is 9.99. The van der Waals surface area contributed by atoms with E-state index in [0.717, 1.165) is 5.56 Å². The molecule has 0 unspecified atom stereocenters. The van der Waals surface area contributed by atoms with Crippen LogP contribution in [0.3, 0.4) is 0 Å². The Hall–Kier alpha value is -2.56. The van der Waals surface area contributed by atoms with E-state index in [-0.39, 0.29) is 5.82 Å². The van der Waals surface area contributed by atoms with Crippen molar-refractivity contribution in [2.45, 2.75) is 19.8 Å². The summed E-state index contributed by atoms with van der Waals surface area (Å²) in [7, 11) is 1.61. The second-order valence-electron chi connectivity index (χ2n) is 5.54. The summed E-state index contributed by atoms with van der Waals surface area (Å²) >= 11 is 0. The van der Waals surface area contributed by atoms with E-state index in [2.05, 4.69) is 18.8 Å². The minimum absolute atomic E-state index is 0.356. The minimum atomic E-state index is -0.356. The zero-order valence-corrected chi connectivity index (χ0v) is 12.8. The number of aromatic nitrogens is 2. The van der Waals surface area contributed by atoms with Gasteiger partial charge in [0.2, 0.25) is 0 Å². The molecule has 0 radical (unpaired) electrons. The van der Waals surface area contributed by atoms with E-state index in [0.29, 0.717) is 28.8 Å². The quantitative estimate of drug-likeness (QED) is 0.799. The molecular formula is C17H18FN3O. The summed E-state index contributed by atoms with van der Waals surface area (Å²) in [5, 5.41) is 0. The molecular weight excluding hydrogens is 281 g/mol. The summed E-state index contributed by atoms with van der Waals surface area (Å²) in [4.78, 5) is 4.52. The lowest BCUT2D eigenvalue weighted by molar-refractivity contribution is 0.416. The zero-order valence-electron chi connectivity index (χ0n) is 12.8. The number of nitrogens with two attached hydrogens (primary N) is 1. The first kappa shape index (κ1) is 14.4. The Labute approximate surface area is 128 Å². The van der Waals surface area contributed by atoms with E-state index >= 15 is 0 Å². The van der Waals surface area contributed by atoms with E-state index in [1.807, 2.05) is 18.2 Å². The summed E-state index contributed by atoms with van der Waals surface area (Å²) in [5.74, 6) is 1.11. The van der Waals surface area contributed by atoms with Crippen molar-refractivity contribution in [2.75, 3.05) is 12.8 Å². The van der Waals surface area contributed by atoms with Gasteiger partial charge in [0, 0.05) is 11.8 Å². The van der Waals surface area contributed by atoms with Crippen molar-refractivity contribution >= 4 is 11.5 Å². The molecule has 0 saturated heterocycles. The fourth-order valence-electron chi connectivity index (χ4n) is 2.50. The largest absolute Gasteiger partial charge is 0.496 e. The van der Waals surface area contributed by atoms with Crippen LogP contribution in [0.2, 0.25) is 0 Å². The molecule has 0 aliphatic carbocycles. The first-order chi connectivity index (χ1) is 10.5. The maximum atomic E-state index is 13.4. The number of benzene rings is 1. The Morgan fingerprint density at radius 1 is 1.23 bits per heavy atom. The van der Waals surface area contributed by atoms with E-state index in [9.17, 15) is 4.39 Å². The highest BCUT2D eigenvalue weighted by atomic mass is 19.1. The Morgan fingerprint density at radius 3 is 2.68 bits per heavy atom. The predicted molar refractivity (Wildman–Crippen MR) is 85.6 cm³/mol. The molecule has 2 N–H and O–H groups in total. The van der Waals surface area contributed by atoms with Gasteiger partial charge >= 0.3 is 0 Å². The van der Waals surface area contributed by atoms with Crippen molar-refractivity contribution in [3.05, 3.63) is 47.9 Å². The number of imidazole rings is 1. The van der Waals surface area contributed by atoms with Gasteiger partial charge in [-0.1, -0.05) is 19.9 Å². The molecule has 114 valence electrons. The first-order valence-corrected chi connectivity index (χ1v) is 7.12. The van der Waals surface area contributed by atoms with Gasteiger partial charge in [0.1, 0.15) is 28.7 Å². The highest BCUT2D eigenvalue weighted by Crippen LogP contribution is 2.36. The van der Waals surface area contributed by atoms with Crippen molar-refractivity contribution in [2.24, 2.45) is 0 Å². The fraction of sp³-hybridized carbons (Fsp3) is 0.235. The Balaban J connectivity index is 2.26. The van der Waals surface area contributed by atoms with Crippen molar-refractivity contribution in [3.8, 4) is 17.0 Å². The van der Waals surface area contributed by atoms with Crippen molar-refractivity contribution in [3.63, 3.8) is 0 Å². The molecule has 2 heterocycles. The van der Waals surface area contributed by atoms with Crippen LogP contribution in [-0.4, -0.2) is 16.5 Å². The van der Waals surface area contributed by atoms with Crippen molar-refractivity contribution in [1.82, 2.24) is 9.38 Å². The molecule has 3 aromatic rings. The number of ether oxygens (including phenoxy) is 1. The van der Waals surface area contributed by atoms with E-state index in [4.69, 9.17) is 10.5 Å². The van der Waals surface area contributed by atoms with Crippen LogP contribution in [0.25, 0.3) is 16.9 Å². The van der Waals surface area contributed by atoms with E-state index < -0.39 is 0 Å². The second-order valence-corrected chi connectivity index (χ2v) is 5.54. The molecule has 0 bridgehead atoms. The molecule has 22 heavy (non-hydrogen) atoms. The molecule has 0 amide bonds. The van der Waals surface area contributed by atoms with Gasteiger partial charge in [-0.15, -0.1) is 0 Å². The molecule has 0 aliphatic rings. The molecule has 4 nitrogen and oxygen atoms in total. The normalized spacial score (nSPS) is 11.3. The predicted octanol–water partition coefficient (Wildman–Crippen LogP) is 3.85. The number of halogens is 1. The van der Waals surface area contributed by atoms with Gasteiger partial charge in [0.25, 0.3) is 0 Å². The number of nitrogens with zero attached hydrogens (tertiary/aromatic N) is 2. The van der Waals surface area contributed by atoms with Gasteiger partial charge in [0.15, 0.2) is 0 Å². The second kappa shape index (κ2) is 5.33. The van der Waals surface area contributed by atoms with Gasteiger partial charge in [-0.2, -0.15) is 0 Å². The molecule has 0 spiro atoms. The molecule has 2 aromatic heterocycles. The van der Waals surface area contributed by atoms with E-state index in [1.165, 1.54) is 17.8 Å². The van der Waals surface area contributed by atoms with Crippen molar-refractivity contribution < 1.29 is 9.13 Å². The van der Waals surface area contributed by atoms with Gasteiger partial charge in [-0.3, -0.25) is 4.40 Å². The molecule has 1 aromatic carbocycles. The highest BCUT2D eigenvalue weighted by Gasteiger charge is 2.17.